The molecule has 2 aliphatic heterocycles. The van der Waals surface area contributed by atoms with Crippen molar-refractivity contribution in [1.82, 2.24) is 9.80 Å². The quantitative estimate of drug-likeness (QED) is 0.933. The predicted octanol–water partition coefficient (Wildman–Crippen LogP) is 2.63. The Labute approximate surface area is 139 Å². The number of benzene rings is 1. The Morgan fingerprint density at radius 2 is 1.65 bits per heavy atom. The zero-order valence-corrected chi connectivity index (χ0v) is 14.0. The second-order valence-corrected chi connectivity index (χ2v) is 6.98. The summed E-state index contributed by atoms with van der Waals surface area (Å²) >= 11 is 0. The molecule has 0 radical (unpaired) electrons. The van der Waals surface area contributed by atoms with Crippen LogP contribution in [0.25, 0.3) is 0 Å². The van der Waals surface area contributed by atoms with Gasteiger partial charge in [0.25, 0.3) is 5.91 Å². The van der Waals surface area contributed by atoms with Crippen LogP contribution in [0.2, 0.25) is 0 Å². The number of nitrogens with two attached hydrogens (primary N) is 1. The van der Waals surface area contributed by atoms with Crippen LogP contribution in [0, 0.1) is 0 Å². The van der Waals surface area contributed by atoms with Crippen LogP contribution in [0.4, 0.5) is 0 Å². The maximum Gasteiger partial charge on any atom is 0.254 e. The number of amides is 1. The molecule has 2 heterocycles. The first-order valence-electron chi connectivity index (χ1n) is 9.09. The van der Waals surface area contributed by atoms with Crippen molar-refractivity contribution in [3.63, 3.8) is 0 Å². The van der Waals surface area contributed by atoms with Gasteiger partial charge in [-0.3, -0.25) is 9.69 Å². The molecular formula is C19H29N3O. The van der Waals surface area contributed by atoms with Crippen LogP contribution in [0.15, 0.2) is 24.3 Å². The molecule has 0 spiro atoms. The number of likely N-dealkylation sites (tertiary alicyclic amines) is 2. The summed E-state index contributed by atoms with van der Waals surface area (Å²) < 4.78 is 0. The lowest BCUT2D eigenvalue weighted by atomic mass is 10.0. The number of carbonyl (C=O) groups excluding carboxylic acids is 1. The molecule has 0 atom stereocenters. The fourth-order valence-corrected chi connectivity index (χ4v) is 3.67. The normalized spacial score (nSPS) is 21.2. The third-order valence-corrected chi connectivity index (χ3v) is 5.17. The fourth-order valence-electron chi connectivity index (χ4n) is 3.67. The van der Waals surface area contributed by atoms with Crippen molar-refractivity contribution in [2.75, 3.05) is 26.2 Å². The minimum Gasteiger partial charge on any atom is -0.339 e. The second kappa shape index (κ2) is 7.93. The molecule has 4 nitrogen and oxygen atoms in total. The molecule has 3 rings (SSSR count). The van der Waals surface area contributed by atoms with E-state index < -0.39 is 0 Å². The summed E-state index contributed by atoms with van der Waals surface area (Å²) in [4.78, 5) is 17.4. The van der Waals surface area contributed by atoms with Crippen LogP contribution in [-0.2, 0) is 6.54 Å². The van der Waals surface area contributed by atoms with E-state index in [9.17, 15) is 4.79 Å². The van der Waals surface area contributed by atoms with Gasteiger partial charge in [-0.1, -0.05) is 31.0 Å². The van der Waals surface area contributed by atoms with Gasteiger partial charge in [-0.15, -0.1) is 0 Å². The van der Waals surface area contributed by atoms with E-state index in [4.69, 9.17) is 5.73 Å². The number of hydrogen-bond donors (Lipinski definition) is 1. The van der Waals surface area contributed by atoms with Gasteiger partial charge < -0.3 is 10.6 Å². The van der Waals surface area contributed by atoms with Gasteiger partial charge in [0.05, 0.1) is 0 Å². The minimum absolute atomic E-state index is 0.183. The molecule has 2 fully saturated rings. The number of piperidine rings is 1. The highest BCUT2D eigenvalue weighted by atomic mass is 16.2. The molecule has 0 saturated carbocycles. The monoisotopic (exact) mass is 315 g/mol. The standard InChI is InChI=1S/C19H29N3O/c20-17-9-13-22(14-10-17)19(23)18-8-4-3-7-16(18)15-21-11-5-1-2-6-12-21/h3-4,7-8,17H,1-2,5-6,9-15,20H2. The molecule has 23 heavy (non-hydrogen) atoms. The summed E-state index contributed by atoms with van der Waals surface area (Å²) in [6.45, 7) is 4.79. The van der Waals surface area contributed by atoms with E-state index in [-0.39, 0.29) is 11.9 Å². The first-order valence-corrected chi connectivity index (χ1v) is 9.09. The average molecular weight is 315 g/mol. The minimum atomic E-state index is 0.183. The van der Waals surface area contributed by atoms with Crippen molar-refractivity contribution >= 4 is 5.91 Å². The molecule has 126 valence electrons. The topological polar surface area (TPSA) is 49.6 Å². The average Bonchev–Trinajstić information content (AvgIpc) is 2.84. The van der Waals surface area contributed by atoms with Crippen LogP contribution in [0.1, 0.15) is 54.4 Å². The summed E-state index contributed by atoms with van der Waals surface area (Å²) in [5, 5.41) is 0. The predicted molar refractivity (Wildman–Crippen MR) is 93.3 cm³/mol. The number of nitrogens with zero attached hydrogens (tertiary/aromatic N) is 2. The van der Waals surface area contributed by atoms with Crippen molar-refractivity contribution in [2.45, 2.75) is 51.1 Å². The maximum atomic E-state index is 12.9. The van der Waals surface area contributed by atoms with E-state index in [1.807, 2.05) is 17.0 Å². The van der Waals surface area contributed by atoms with Gasteiger partial charge in [0.15, 0.2) is 0 Å². The first-order chi connectivity index (χ1) is 11.2. The Kier molecular flexibility index (Phi) is 5.68. The van der Waals surface area contributed by atoms with Crippen LogP contribution in [0.3, 0.4) is 0 Å². The molecule has 0 aromatic heterocycles. The van der Waals surface area contributed by atoms with E-state index in [1.165, 1.54) is 31.2 Å². The highest BCUT2D eigenvalue weighted by Gasteiger charge is 2.23. The Hall–Kier alpha value is -1.39. The molecule has 0 aliphatic carbocycles. The van der Waals surface area contributed by atoms with Gasteiger partial charge >= 0.3 is 0 Å². The molecule has 1 aromatic rings. The van der Waals surface area contributed by atoms with Crippen molar-refractivity contribution in [1.29, 1.82) is 0 Å². The summed E-state index contributed by atoms with van der Waals surface area (Å²) in [6.07, 6.45) is 7.07. The molecular weight excluding hydrogens is 286 g/mol. The number of hydrogen-bond acceptors (Lipinski definition) is 3. The Bertz CT molecular complexity index is 515. The van der Waals surface area contributed by atoms with E-state index in [2.05, 4.69) is 17.0 Å². The summed E-state index contributed by atoms with van der Waals surface area (Å²) in [6, 6.07) is 8.40. The molecule has 4 heteroatoms. The molecule has 1 aromatic carbocycles. The van der Waals surface area contributed by atoms with Gasteiger partial charge in [0, 0.05) is 31.2 Å². The molecule has 0 unspecified atom stereocenters. The third-order valence-electron chi connectivity index (χ3n) is 5.17. The Morgan fingerprint density at radius 1 is 1.00 bits per heavy atom. The van der Waals surface area contributed by atoms with Crippen LogP contribution in [0.5, 0.6) is 0 Å². The molecule has 0 bridgehead atoms. The lowest BCUT2D eigenvalue weighted by Crippen LogP contribution is -2.43. The third kappa shape index (κ3) is 4.33. The second-order valence-electron chi connectivity index (χ2n) is 6.98. The van der Waals surface area contributed by atoms with Gasteiger partial charge in [-0.25, -0.2) is 0 Å². The Morgan fingerprint density at radius 3 is 2.35 bits per heavy atom. The molecule has 2 saturated heterocycles. The lowest BCUT2D eigenvalue weighted by Gasteiger charge is -2.31. The summed E-state index contributed by atoms with van der Waals surface area (Å²) in [7, 11) is 0. The highest BCUT2D eigenvalue weighted by molar-refractivity contribution is 5.95. The Balaban J connectivity index is 1.70. The molecule has 1 amide bonds. The highest BCUT2D eigenvalue weighted by Crippen LogP contribution is 2.19. The van der Waals surface area contributed by atoms with Crippen molar-refractivity contribution < 1.29 is 4.79 Å². The van der Waals surface area contributed by atoms with E-state index in [0.29, 0.717) is 0 Å². The van der Waals surface area contributed by atoms with Gasteiger partial charge in [0.2, 0.25) is 0 Å². The fraction of sp³-hybridized carbons (Fsp3) is 0.632. The van der Waals surface area contributed by atoms with Crippen LogP contribution >= 0.6 is 0 Å². The molecule has 2 aliphatic rings. The van der Waals surface area contributed by atoms with Crippen LogP contribution in [-0.4, -0.2) is 47.9 Å². The number of rotatable bonds is 3. The van der Waals surface area contributed by atoms with E-state index >= 15 is 0 Å². The van der Waals surface area contributed by atoms with Crippen LogP contribution < -0.4 is 5.73 Å². The lowest BCUT2D eigenvalue weighted by molar-refractivity contribution is 0.0712. The zero-order chi connectivity index (χ0) is 16.1. The number of carbonyl (C=O) groups is 1. The van der Waals surface area contributed by atoms with Gasteiger partial charge in [-0.2, -0.15) is 0 Å². The van der Waals surface area contributed by atoms with Gasteiger partial charge in [-0.05, 0) is 50.4 Å². The van der Waals surface area contributed by atoms with E-state index in [1.54, 1.807) is 0 Å². The van der Waals surface area contributed by atoms with E-state index in [0.717, 1.165) is 51.1 Å². The zero-order valence-electron chi connectivity index (χ0n) is 14.0. The summed E-state index contributed by atoms with van der Waals surface area (Å²) in [5.41, 5.74) is 8.02. The summed E-state index contributed by atoms with van der Waals surface area (Å²) in [5.74, 6) is 0.183. The molecule has 2 N–H and O–H groups in total. The SMILES string of the molecule is NC1CCN(C(=O)c2ccccc2CN2CCCCCC2)CC1. The van der Waals surface area contributed by atoms with Crippen molar-refractivity contribution in [3.05, 3.63) is 35.4 Å². The van der Waals surface area contributed by atoms with Crippen molar-refractivity contribution in [3.8, 4) is 0 Å². The first kappa shape index (κ1) is 16.5. The van der Waals surface area contributed by atoms with Crippen molar-refractivity contribution in [2.24, 2.45) is 5.73 Å². The smallest absolute Gasteiger partial charge is 0.254 e. The van der Waals surface area contributed by atoms with Gasteiger partial charge in [0.1, 0.15) is 0 Å². The largest absolute Gasteiger partial charge is 0.339 e. The maximum absolute atomic E-state index is 12.9.